The van der Waals surface area contributed by atoms with Crippen LogP contribution in [0.2, 0.25) is 0 Å². The largest absolute Gasteiger partial charge is 0.416 e. The SMILES string of the molecule is CCNC(c1ccc(C)cc1)c1ccccc1C(F)(F)F. The molecule has 0 saturated carbocycles. The van der Waals surface area contributed by atoms with E-state index in [-0.39, 0.29) is 5.56 Å². The van der Waals surface area contributed by atoms with Crippen molar-refractivity contribution in [1.82, 2.24) is 5.32 Å². The van der Waals surface area contributed by atoms with Crippen LogP contribution < -0.4 is 5.32 Å². The maximum absolute atomic E-state index is 13.2. The average molecular weight is 293 g/mol. The third-order valence-corrected chi connectivity index (χ3v) is 3.40. The van der Waals surface area contributed by atoms with Gasteiger partial charge in [-0.15, -0.1) is 0 Å². The van der Waals surface area contributed by atoms with Crippen LogP contribution in [0.5, 0.6) is 0 Å². The number of nitrogens with one attached hydrogen (secondary N) is 1. The lowest BCUT2D eigenvalue weighted by molar-refractivity contribution is -0.138. The first-order valence-corrected chi connectivity index (χ1v) is 6.89. The van der Waals surface area contributed by atoms with Gasteiger partial charge in [-0.3, -0.25) is 0 Å². The van der Waals surface area contributed by atoms with Gasteiger partial charge in [0.1, 0.15) is 0 Å². The fourth-order valence-corrected chi connectivity index (χ4v) is 2.38. The van der Waals surface area contributed by atoms with Crippen molar-refractivity contribution in [2.24, 2.45) is 0 Å². The van der Waals surface area contributed by atoms with Crippen molar-refractivity contribution in [3.63, 3.8) is 0 Å². The molecule has 0 aliphatic rings. The number of rotatable bonds is 4. The minimum Gasteiger partial charge on any atom is -0.307 e. The van der Waals surface area contributed by atoms with Gasteiger partial charge in [0, 0.05) is 0 Å². The first-order chi connectivity index (χ1) is 9.93. The van der Waals surface area contributed by atoms with E-state index >= 15 is 0 Å². The Bertz CT molecular complexity index is 588. The Balaban J connectivity index is 2.51. The van der Waals surface area contributed by atoms with E-state index in [0.717, 1.165) is 17.2 Å². The zero-order chi connectivity index (χ0) is 15.5. The van der Waals surface area contributed by atoms with Gasteiger partial charge in [0.15, 0.2) is 0 Å². The molecular weight excluding hydrogens is 275 g/mol. The van der Waals surface area contributed by atoms with Gasteiger partial charge in [-0.2, -0.15) is 13.2 Å². The Morgan fingerprint density at radius 2 is 1.62 bits per heavy atom. The molecule has 1 N–H and O–H groups in total. The van der Waals surface area contributed by atoms with Crippen molar-refractivity contribution in [2.45, 2.75) is 26.1 Å². The number of halogens is 3. The lowest BCUT2D eigenvalue weighted by Crippen LogP contribution is -2.25. The van der Waals surface area contributed by atoms with Crippen LogP contribution in [0.3, 0.4) is 0 Å². The minimum absolute atomic E-state index is 0.260. The van der Waals surface area contributed by atoms with E-state index in [1.54, 1.807) is 6.07 Å². The number of hydrogen-bond donors (Lipinski definition) is 1. The molecule has 1 unspecified atom stereocenters. The Morgan fingerprint density at radius 1 is 1.00 bits per heavy atom. The summed E-state index contributed by atoms with van der Waals surface area (Å²) in [6.45, 7) is 4.43. The molecule has 1 nitrogen and oxygen atoms in total. The number of aryl methyl sites for hydroxylation is 1. The van der Waals surface area contributed by atoms with Gasteiger partial charge in [-0.25, -0.2) is 0 Å². The van der Waals surface area contributed by atoms with Crippen LogP contribution in [0, 0.1) is 6.92 Å². The predicted molar refractivity (Wildman–Crippen MR) is 78.1 cm³/mol. The first-order valence-electron chi connectivity index (χ1n) is 6.89. The van der Waals surface area contributed by atoms with Crippen LogP contribution in [-0.2, 0) is 6.18 Å². The van der Waals surface area contributed by atoms with Gasteiger partial charge in [0.2, 0.25) is 0 Å². The molecule has 0 aliphatic carbocycles. The van der Waals surface area contributed by atoms with E-state index in [1.807, 2.05) is 38.1 Å². The summed E-state index contributed by atoms with van der Waals surface area (Å²) in [6.07, 6.45) is -4.35. The van der Waals surface area contributed by atoms with Crippen molar-refractivity contribution in [3.8, 4) is 0 Å². The molecule has 2 aromatic rings. The van der Waals surface area contributed by atoms with Crippen molar-refractivity contribution in [2.75, 3.05) is 6.54 Å². The second kappa shape index (κ2) is 6.31. The number of hydrogen-bond acceptors (Lipinski definition) is 1. The van der Waals surface area contributed by atoms with E-state index in [0.29, 0.717) is 6.54 Å². The van der Waals surface area contributed by atoms with E-state index < -0.39 is 17.8 Å². The van der Waals surface area contributed by atoms with Crippen molar-refractivity contribution in [1.29, 1.82) is 0 Å². The quantitative estimate of drug-likeness (QED) is 0.860. The molecule has 0 saturated heterocycles. The molecule has 0 radical (unpaired) electrons. The van der Waals surface area contributed by atoms with Gasteiger partial charge in [0.05, 0.1) is 11.6 Å². The molecule has 1 atom stereocenters. The molecule has 112 valence electrons. The lowest BCUT2D eigenvalue weighted by atomic mass is 9.93. The maximum Gasteiger partial charge on any atom is 0.416 e. The molecule has 0 aliphatic heterocycles. The molecule has 2 aromatic carbocycles. The van der Waals surface area contributed by atoms with Gasteiger partial charge >= 0.3 is 6.18 Å². The average Bonchev–Trinajstić information content (AvgIpc) is 2.45. The summed E-state index contributed by atoms with van der Waals surface area (Å²) in [5.74, 6) is 0. The predicted octanol–water partition coefficient (Wildman–Crippen LogP) is 4.71. The molecule has 0 bridgehead atoms. The fourth-order valence-electron chi connectivity index (χ4n) is 2.38. The highest BCUT2D eigenvalue weighted by Gasteiger charge is 2.35. The summed E-state index contributed by atoms with van der Waals surface area (Å²) in [7, 11) is 0. The monoisotopic (exact) mass is 293 g/mol. The third kappa shape index (κ3) is 3.64. The molecule has 0 fully saturated rings. The van der Waals surface area contributed by atoms with Crippen LogP contribution in [0.4, 0.5) is 13.2 Å². The first kappa shape index (κ1) is 15.6. The van der Waals surface area contributed by atoms with Gasteiger partial charge in [0.25, 0.3) is 0 Å². The molecule has 0 heterocycles. The molecule has 0 amide bonds. The molecule has 4 heteroatoms. The molecule has 0 spiro atoms. The van der Waals surface area contributed by atoms with E-state index in [4.69, 9.17) is 0 Å². The van der Waals surface area contributed by atoms with Gasteiger partial charge < -0.3 is 5.32 Å². The third-order valence-electron chi connectivity index (χ3n) is 3.40. The second-order valence-corrected chi connectivity index (χ2v) is 4.99. The highest BCUT2D eigenvalue weighted by atomic mass is 19.4. The van der Waals surface area contributed by atoms with E-state index in [9.17, 15) is 13.2 Å². The van der Waals surface area contributed by atoms with Crippen LogP contribution >= 0.6 is 0 Å². The summed E-state index contributed by atoms with van der Waals surface area (Å²) in [4.78, 5) is 0. The molecule has 0 aromatic heterocycles. The van der Waals surface area contributed by atoms with E-state index in [1.165, 1.54) is 12.1 Å². The van der Waals surface area contributed by atoms with Crippen molar-refractivity contribution < 1.29 is 13.2 Å². The van der Waals surface area contributed by atoms with Crippen molar-refractivity contribution in [3.05, 3.63) is 70.8 Å². The number of benzene rings is 2. The van der Waals surface area contributed by atoms with Crippen LogP contribution in [-0.4, -0.2) is 6.54 Å². The van der Waals surface area contributed by atoms with Gasteiger partial charge in [-0.1, -0.05) is 55.0 Å². The Morgan fingerprint density at radius 3 is 2.19 bits per heavy atom. The Labute approximate surface area is 122 Å². The maximum atomic E-state index is 13.2. The Hall–Kier alpha value is -1.81. The highest BCUT2D eigenvalue weighted by Crippen LogP contribution is 2.36. The standard InChI is InChI=1S/C17H18F3N/c1-3-21-16(13-10-8-12(2)9-11-13)14-6-4-5-7-15(14)17(18,19)20/h4-11,16,21H,3H2,1-2H3. The summed E-state index contributed by atoms with van der Waals surface area (Å²) >= 11 is 0. The summed E-state index contributed by atoms with van der Waals surface area (Å²) in [6, 6.07) is 12.8. The Kier molecular flexibility index (Phi) is 4.68. The fraction of sp³-hybridized carbons (Fsp3) is 0.294. The minimum atomic E-state index is -4.35. The van der Waals surface area contributed by atoms with Crippen LogP contribution in [0.15, 0.2) is 48.5 Å². The number of alkyl halides is 3. The summed E-state index contributed by atoms with van der Waals surface area (Å²) in [5.41, 5.74) is 1.59. The normalized spacial score (nSPS) is 13.2. The topological polar surface area (TPSA) is 12.0 Å². The smallest absolute Gasteiger partial charge is 0.307 e. The van der Waals surface area contributed by atoms with Crippen LogP contribution in [0.1, 0.15) is 35.2 Å². The summed E-state index contributed by atoms with van der Waals surface area (Å²) in [5, 5.41) is 3.15. The summed E-state index contributed by atoms with van der Waals surface area (Å²) < 4.78 is 39.6. The molecule has 21 heavy (non-hydrogen) atoms. The van der Waals surface area contributed by atoms with E-state index in [2.05, 4.69) is 5.32 Å². The zero-order valence-electron chi connectivity index (χ0n) is 12.0. The molecular formula is C17H18F3N. The lowest BCUT2D eigenvalue weighted by Gasteiger charge is -2.23. The highest BCUT2D eigenvalue weighted by molar-refractivity contribution is 5.39. The molecule has 2 rings (SSSR count). The van der Waals surface area contributed by atoms with Crippen LogP contribution in [0.25, 0.3) is 0 Å². The van der Waals surface area contributed by atoms with Crippen molar-refractivity contribution >= 4 is 0 Å². The zero-order valence-corrected chi connectivity index (χ0v) is 12.0. The van der Waals surface area contributed by atoms with Gasteiger partial charge in [-0.05, 0) is 30.7 Å². The second-order valence-electron chi connectivity index (χ2n) is 4.99.